The highest BCUT2D eigenvalue weighted by molar-refractivity contribution is 7.89. The Bertz CT molecular complexity index is 1050. The molecule has 0 saturated carbocycles. The number of amides is 1. The van der Waals surface area contributed by atoms with Crippen molar-refractivity contribution in [1.82, 2.24) is 9.62 Å². The van der Waals surface area contributed by atoms with E-state index < -0.39 is 33.8 Å². The largest absolute Gasteiger partial charge is 0.452 e. The van der Waals surface area contributed by atoms with Crippen LogP contribution in [0.2, 0.25) is 10.0 Å². The monoisotopic (exact) mass is 490 g/mol. The first-order valence-corrected chi connectivity index (χ1v) is 11.4. The van der Waals surface area contributed by atoms with Gasteiger partial charge in [0, 0.05) is 20.1 Å². The predicted molar refractivity (Wildman–Crippen MR) is 115 cm³/mol. The third-order valence-corrected chi connectivity index (χ3v) is 6.57. The van der Waals surface area contributed by atoms with Crippen LogP contribution in [0, 0.1) is 5.82 Å². The summed E-state index contributed by atoms with van der Waals surface area (Å²) in [5, 5.41) is -0.105. The Hall–Kier alpha value is -2.20. The molecule has 2 aromatic rings. The van der Waals surface area contributed by atoms with E-state index in [1.165, 1.54) is 55.3 Å². The van der Waals surface area contributed by atoms with Crippen LogP contribution in [0.3, 0.4) is 0 Å². The number of benzene rings is 2. The van der Waals surface area contributed by atoms with Gasteiger partial charge in [-0.1, -0.05) is 41.4 Å². The summed E-state index contributed by atoms with van der Waals surface area (Å²) in [5.41, 5.74) is 0.585. The molecule has 31 heavy (non-hydrogen) atoms. The summed E-state index contributed by atoms with van der Waals surface area (Å²) in [6.45, 7) is 1.26. The molecule has 11 heteroatoms. The zero-order valence-electron chi connectivity index (χ0n) is 16.8. The van der Waals surface area contributed by atoms with Crippen molar-refractivity contribution in [3.05, 3.63) is 63.9 Å². The lowest BCUT2D eigenvalue weighted by Gasteiger charge is -2.21. The van der Waals surface area contributed by atoms with Gasteiger partial charge < -0.3 is 9.64 Å². The molecular formula is C20H21Cl2FN2O5S. The van der Waals surface area contributed by atoms with Crippen molar-refractivity contribution in [2.75, 3.05) is 13.6 Å². The van der Waals surface area contributed by atoms with E-state index in [1.807, 2.05) is 0 Å². The number of esters is 1. The van der Waals surface area contributed by atoms with Crippen LogP contribution < -0.4 is 4.72 Å². The van der Waals surface area contributed by atoms with Gasteiger partial charge in [-0.05, 0) is 36.8 Å². The lowest BCUT2D eigenvalue weighted by atomic mass is 10.2. The zero-order chi connectivity index (χ0) is 23.2. The van der Waals surface area contributed by atoms with Crippen LogP contribution in [0.1, 0.15) is 18.9 Å². The molecule has 0 spiro atoms. The van der Waals surface area contributed by atoms with E-state index >= 15 is 0 Å². The molecule has 0 saturated heterocycles. The molecule has 0 aliphatic carbocycles. The molecule has 0 aliphatic rings. The number of hydrogen-bond donors (Lipinski definition) is 1. The third kappa shape index (κ3) is 7.17. The van der Waals surface area contributed by atoms with Crippen molar-refractivity contribution in [2.45, 2.75) is 30.9 Å². The second kappa shape index (κ2) is 10.9. The van der Waals surface area contributed by atoms with E-state index in [0.29, 0.717) is 5.56 Å². The van der Waals surface area contributed by atoms with Crippen molar-refractivity contribution in [3.8, 4) is 0 Å². The maximum absolute atomic E-state index is 13.3. The lowest BCUT2D eigenvalue weighted by molar-refractivity contribution is -0.158. The molecular weight excluding hydrogens is 470 g/mol. The molecule has 7 nitrogen and oxygen atoms in total. The summed E-state index contributed by atoms with van der Waals surface area (Å²) in [6.07, 6.45) is -1.41. The van der Waals surface area contributed by atoms with E-state index in [4.69, 9.17) is 27.9 Å². The molecule has 0 heterocycles. The Morgan fingerprint density at radius 2 is 1.77 bits per heavy atom. The summed E-state index contributed by atoms with van der Waals surface area (Å²) in [4.78, 5) is 25.4. The van der Waals surface area contributed by atoms with Crippen LogP contribution in [0.15, 0.2) is 47.4 Å². The second-order valence-corrected chi connectivity index (χ2v) is 9.17. The van der Waals surface area contributed by atoms with Crippen LogP contribution in [0.5, 0.6) is 0 Å². The van der Waals surface area contributed by atoms with Gasteiger partial charge in [-0.25, -0.2) is 17.5 Å². The first-order chi connectivity index (χ1) is 14.5. The number of ether oxygens (including phenoxy) is 1. The number of nitrogens with zero attached hydrogens (tertiary/aromatic N) is 1. The van der Waals surface area contributed by atoms with Crippen LogP contribution in [-0.4, -0.2) is 44.9 Å². The Morgan fingerprint density at radius 1 is 1.16 bits per heavy atom. The maximum Gasteiger partial charge on any atom is 0.307 e. The summed E-state index contributed by atoms with van der Waals surface area (Å²) in [5.74, 6) is -1.67. The Balaban J connectivity index is 1.85. The first-order valence-electron chi connectivity index (χ1n) is 9.14. The molecule has 1 atom stereocenters. The number of carbonyl (C=O) groups excluding carboxylic acids is 2. The number of halogens is 3. The summed E-state index contributed by atoms with van der Waals surface area (Å²) in [6, 6.07) is 10.1. The fourth-order valence-corrected chi connectivity index (χ4v) is 4.87. The number of nitrogens with one attached hydrogen (secondary N) is 1. The Morgan fingerprint density at radius 3 is 2.39 bits per heavy atom. The average Bonchev–Trinajstić information content (AvgIpc) is 2.66. The molecule has 0 aliphatic heterocycles. The van der Waals surface area contributed by atoms with Gasteiger partial charge >= 0.3 is 5.97 Å². The van der Waals surface area contributed by atoms with Crippen molar-refractivity contribution < 1.29 is 27.1 Å². The Labute approximate surface area is 190 Å². The van der Waals surface area contributed by atoms with E-state index in [2.05, 4.69) is 4.72 Å². The highest BCUT2D eigenvalue weighted by atomic mass is 35.5. The smallest absolute Gasteiger partial charge is 0.307 e. The van der Waals surface area contributed by atoms with Crippen molar-refractivity contribution in [1.29, 1.82) is 0 Å². The van der Waals surface area contributed by atoms with Crippen LogP contribution in [-0.2, 0) is 30.9 Å². The minimum Gasteiger partial charge on any atom is -0.452 e. The van der Waals surface area contributed by atoms with Gasteiger partial charge in [0.1, 0.15) is 10.7 Å². The van der Waals surface area contributed by atoms with Crippen molar-refractivity contribution >= 4 is 45.1 Å². The van der Waals surface area contributed by atoms with Crippen molar-refractivity contribution in [2.24, 2.45) is 0 Å². The van der Waals surface area contributed by atoms with E-state index in [0.717, 1.165) is 0 Å². The molecule has 168 valence electrons. The van der Waals surface area contributed by atoms with Gasteiger partial charge in [0.2, 0.25) is 10.0 Å². The van der Waals surface area contributed by atoms with Gasteiger partial charge in [-0.2, -0.15) is 0 Å². The molecule has 2 rings (SSSR count). The van der Waals surface area contributed by atoms with Gasteiger partial charge in [0.25, 0.3) is 5.91 Å². The fraction of sp³-hybridized carbons (Fsp3) is 0.300. The van der Waals surface area contributed by atoms with Gasteiger partial charge in [-0.15, -0.1) is 0 Å². The highest BCUT2D eigenvalue weighted by Crippen LogP contribution is 2.28. The molecule has 1 amide bonds. The third-order valence-electron chi connectivity index (χ3n) is 4.15. The van der Waals surface area contributed by atoms with Crippen LogP contribution in [0.4, 0.5) is 4.39 Å². The van der Waals surface area contributed by atoms with Crippen molar-refractivity contribution in [3.63, 3.8) is 0 Å². The molecule has 0 fully saturated rings. The molecule has 0 radical (unpaired) electrons. The topological polar surface area (TPSA) is 92.8 Å². The summed E-state index contributed by atoms with van der Waals surface area (Å²) >= 11 is 11.8. The molecule has 0 bridgehead atoms. The molecule has 0 aromatic heterocycles. The van der Waals surface area contributed by atoms with Gasteiger partial charge in [0.05, 0.1) is 16.5 Å². The first kappa shape index (κ1) is 25.1. The normalized spacial score (nSPS) is 12.3. The lowest BCUT2D eigenvalue weighted by Crippen LogP contribution is -2.37. The van der Waals surface area contributed by atoms with Gasteiger partial charge in [0.15, 0.2) is 6.10 Å². The minimum atomic E-state index is -4.04. The SMILES string of the molecule is CC(OC(=O)CCNS(=O)(=O)c1c(Cl)cccc1Cl)C(=O)N(C)Cc1cccc(F)c1. The van der Waals surface area contributed by atoms with Gasteiger partial charge in [-0.3, -0.25) is 9.59 Å². The zero-order valence-corrected chi connectivity index (χ0v) is 19.1. The number of rotatable bonds is 9. The number of carbonyl (C=O) groups is 2. The summed E-state index contributed by atoms with van der Waals surface area (Å²) < 4.78 is 45.3. The van der Waals surface area contributed by atoms with E-state index in [-0.39, 0.29) is 34.5 Å². The average molecular weight is 491 g/mol. The molecule has 2 aromatic carbocycles. The van der Waals surface area contributed by atoms with E-state index in [1.54, 1.807) is 6.07 Å². The predicted octanol–water partition coefficient (Wildman–Crippen LogP) is 3.39. The fourth-order valence-electron chi connectivity index (χ4n) is 2.70. The maximum atomic E-state index is 13.3. The molecule has 1 unspecified atom stereocenters. The quantitative estimate of drug-likeness (QED) is 0.543. The van der Waals surface area contributed by atoms with Crippen LogP contribution >= 0.6 is 23.2 Å². The molecule has 1 N–H and O–H groups in total. The summed E-state index contributed by atoms with van der Waals surface area (Å²) in [7, 11) is -2.54. The number of hydrogen-bond acceptors (Lipinski definition) is 5. The number of likely N-dealkylation sites (N-methyl/N-ethyl adjacent to an activating group) is 1. The standard InChI is InChI=1S/C20H21Cl2FN2O5S/c1-13(20(27)25(2)12-14-5-3-6-15(23)11-14)30-18(26)9-10-24-31(28,29)19-16(21)7-4-8-17(19)22/h3-8,11,13,24H,9-10,12H2,1-2H3. The Kier molecular flexibility index (Phi) is 8.81. The highest BCUT2D eigenvalue weighted by Gasteiger charge is 2.24. The number of sulfonamides is 1. The second-order valence-electron chi connectivity index (χ2n) is 6.65. The van der Waals surface area contributed by atoms with E-state index in [9.17, 15) is 22.4 Å². The minimum absolute atomic E-state index is 0.0527. The van der Waals surface area contributed by atoms with Crippen LogP contribution in [0.25, 0.3) is 0 Å².